The van der Waals surface area contributed by atoms with Crippen LogP contribution in [-0.4, -0.2) is 97.4 Å². The number of nitrogens with one attached hydrogen (secondary N) is 1. The first-order valence-corrected chi connectivity index (χ1v) is 12.6. The van der Waals surface area contributed by atoms with Crippen molar-refractivity contribution in [2.45, 2.75) is 43.7 Å². The van der Waals surface area contributed by atoms with E-state index < -0.39 is 34.3 Å². The number of hydrogen-bond donors (Lipinski definition) is 3. The van der Waals surface area contributed by atoms with Gasteiger partial charge in [-0.25, -0.2) is 22.7 Å². The highest BCUT2D eigenvalue weighted by atomic mass is 32.2. The second kappa shape index (κ2) is 13.9. The Hall–Kier alpha value is -2.50. The summed E-state index contributed by atoms with van der Waals surface area (Å²) in [6.07, 6.45) is -2.53. The molecule has 1 aromatic heterocycles. The predicted molar refractivity (Wildman–Crippen MR) is 116 cm³/mol. The molecule has 10 nitrogen and oxygen atoms in total. The molecule has 0 amide bonds. The van der Waals surface area contributed by atoms with Crippen LogP contribution in [0.3, 0.4) is 0 Å². The van der Waals surface area contributed by atoms with E-state index in [0.717, 1.165) is 51.1 Å². The van der Waals surface area contributed by atoms with Gasteiger partial charge in [-0.2, -0.15) is 26.3 Å². The quantitative estimate of drug-likeness (QED) is 0.439. The third-order valence-corrected chi connectivity index (χ3v) is 5.93. The second-order valence-electron chi connectivity index (χ2n) is 8.25. The van der Waals surface area contributed by atoms with Gasteiger partial charge in [0.05, 0.1) is 12.9 Å². The van der Waals surface area contributed by atoms with Crippen molar-refractivity contribution in [3.05, 3.63) is 30.1 Å². The molecular formula is C20H27F6N3O7S. The largest absolute Gasteiger partial charge is 0.490 e. The third kappa shape index (κ3) is 13.0. The van der Waals surface area contributed by atoms with Crippen molar-refractivity contribution < 1.29 is 59.3 Å². The molecule has 2 fully saturated rings. The van der Waals surface area contributed by atoms with Gasteiger partial charge in [-0.3, -0.25) is 9.88 Å². The Labute approximate surface area is 208 Å². The summed E-state index contributed by atoms with van der Waals surface area (Å²) in [5.41, 5.74) is 1.15. The van der Waals surface area contributed by atoms with E-state index in [1.54, 1.807) is 6.20 Å². The summed E-state index contributed by atoms with van der Waals surface area (Å²) in [5, 5.41) is 14.2. The van der Waals surface area contributed by atoms with Crippen LogP contribution in [-0.2, 0) is 30.8 Å². The average Bonchev–Trinajstić information content (AvgIpc) is 3.39. The summed E-state index contributed by atoms with van der Waals surface area (Å²) < 4.78 is 95.1. The summed E-state index contributed by atoms with van der Waals surface area (Å²) >= 11 is 0. The van der Waals surface area contributed by atoms with E-state index in [4.69, 9.17) is 24.5 Å². The van der Waals surface area contributed by atoms with Crippen molar-refractivity contribution in [2.24, 2.45) is 5.92 Å². The third-order valence-electron chi connectivity index (χ3n) is 5.20. The van der Waals surface area contributed by atoms with Crippen molar-refractivity contribution in [2.75, 3.05) is 32.6 Å². The Morgan fingerprint density at radius 2 is 1.70 bits per heavy atom. The first-order chi connectivity index (χ1) is 16.9. The SMILES string of the molecule is CS(=O)(=O)N[C@@H]1CCN(CC2CCOC2)[C@H]1Cc1cccnc1.O=C(O)C(F)(F)F.O=C(O)C(F)(F)F. The second-order valence-corrected chi connectivity index (χ2v) is 10.0. The van der Waals surface area contributed by atoms with E-state index >= 15 is 0 Å². The number of pyridine rings is 1. The summed E-state index contributed by atoms with van der Waals surface area (Å²) in [5.74, 6) is -4.96. The Morgan fingerprint density at radius 3 is 2.11 bits per heavy atom. The van der Waals surface area contributed by atoms with Crippen molar-refractivity contribution >= 4 is 22.0 Å². The zero-order chi connectivity index (χ0) is 28.4. The molecule has 0 aliphatic carbocycles. The number of alkyl halides is 6. The van der Waals surface area contributed by atoms with E-state index in [1.807, 2.05) is 12.3 Å². The monoisotopic (exact) mass is 567 g/mol. The van der Waals surface area contributed by atoms with Gasteiger partial charge in [0, 0.05) is 44.2 Å². The van der Waals surface area contributed by atoms with Crippen molar-refractivity contribution in [3.63, 3.8) is 0 Å². The van der Waals surface area contributed by atoms with E-state index in [1.165, 1.54) is 6.26 Å². The number of aliphatic carboxylic acids is 2. The van der Waals surface area contributed by atoms with Gasteiger partial charge >= 0.3 is 24.3 Å². The van der Waals surface area contributed by atoms with E-state index in [2.05, 4.69) is 20.7 Å². The van der Waals surface area contributed by atoms with Gasteiger partial charge < -0.3 is 14.9 Å². The van der Waals surface area contributed by atoms with Gasteiger partial charge in [0.2, 0.25) is 10.0 Å². The predicted octanol–water partition coefficient (Wildman–Crippen LogP) is 1.92. The van der Waals surface area contributed by atoms with Gasteiger partial charge in [-0.1, -0.05) is 6.07 Å². The first-order valence-electron chi connectivity index (χ1n) is 10.7. The molecule has 212 valence electrons. The summed E-state index contributed by atoms with van der Waals surface area (Å²) in [4.78, 5) is 24.4. The molecule has 3 heterocycles. The molecule has 0 saturated carbocycles. The van der Waals surface area contributed by atoms with Crippen LogP contribution in [0.4, 0.5) is 26.3 Å². The fourth-order valence-electron chi connectivity index (χ4n) is 3.65. The zero-order valence-corrected chi connectivity index (χ0v) is 20.3. The smallest absolute Gasteiger partial charge is 0.475 e. The normalized spacial score (nSPS) is 22.4. The molecule has 0 spiro atoms. The number of carboxylic acids is 2. The lowest BCUT2D eigenvalue weighted by molar-refractivity contribution is -0.193. The summed E-state index contributed by atoms with van der Waals surface area (Å²) in [6, 6.07) is 4.13. The van der Waals surface area contributed by atoms with E-state index in [9.17, 15) is 34.8 Å². The first kappa shape index (κ1) is 32.5. The van der Waals surface area contributed by atoms with E-state index in [0.29, 0.717) is 5.92 Å². The number of halogens is 6. The molecule has 3 N–H and O–H groups in total. The van der Waals surface area contributed by atoms with Crippen LogP contribution < -0.4 is 4.72 Å². The topological polar surface area (TPSA) is 146 Å². The molecule has 2 aliphatic rings. The minimum absolute atomic E-state index is 0.0347. The molecule has 3 atom stereocenters. The molecule has 0 bridgehead atoms. The fourth-order valence-corrected chi connectivity index (χ4v) is 4.47. The Kier molecular flexibility index (Phi) is 12.2. The molecule has 3 rings (SSSR count). The molecule has 0 radical (unpaired) electrons. The maximum atomic E-state index is 11.7. The Balaban J connectivity index is 0.000000404. The number of ether oxygens (including phenoxy) is 1. The lowest BCUT2D eigenvalue weighted by Crippen LogP contribution is -2.47. The van der Waals surface area contributed by atoms with Crippen LogP contribution in [0.15, 0.2) is 24.5 Å². The van der Waals surface area contributed by atoms with Crippen LogP contribution in [0, 0.1) is 5.92 Å². The van der Waals surface area contributed by atoms with Crippen LogP contribution in [0.5, 0.6) is 0 Å². The molecule has 1 unspecified atom stereocenters. The van der Waals surface area contributed by atoms with E-state index in [-0.39, 0.29) is 12.1 Å². The number of carboxylic acid groups (broad SMARTS) is 2. The van der Waals surface area contributed by atoms with Gasteiger partial charge in [0.1, 0.15) is 0 Å². The highest BCUT2D eigenvalue weighted by molar-refractivity contribution is 7.88. The fraction of sp³-hybridized carbons (Fsp3) is 0.650. The lowest BCUT2D eigenvalue weighted by atomic mass is 10.0. The number of nitrogens with zero attached hydrogens (tertiary/aromatic N) is 2. The average molecular weight is 568 g/mol. The Bertz CT molecular complexity index is 947. The summed E-state index contributed by atoms with van der Waals surface area (Å²) in [6.45, 7) is 3.57. The molecular weight excluding hydrogens is 540 g/mol. The summed E-state index contributed by atoms with van der Waals surface area (Å²) in [7, 11) is -3.20. The number of sulfonamides is 1. The molecule has 2 saturated heterocycles. The number of carbonyl (C=O) groups is 2. The van der Waals surface area contributed by atoms with Crippen LogP contribution in [0.25, 0.3) is 0 Å². The number of hydrogen-bond acceptors (Lipinski definition) is 7. The maximum absolute atomic E-state index is 11.7. The zero-order valence-electron chi connectivity index (χ0n) is 19.5. The highest BCUT2D eigenvalue weighted by Gasteiger charge is 2.39. The minimum Gasteiger partial charge on any atom is -0.475 e. The van der Waals surface area contributed by atoms with Gasteiger partial charge in [0.15, 0.2) is 0 Å². The molecule has 17 heteroatoms. The van der Waals surface area contributed by atoms with Crippen LogP contribution in [0.2, 0.25) is 0 Å². The van der Waals surface area contributed by atoms with Gasteiger partial charge in [0.25, 0.3) is 0 Å². The Morgan fingerprint density at radius 1 is 1.14 bits per heavy atom. The van der Waals surface area contributed by atoms with Crippen LogP contribution >= 0.6 is 0 Å². The molecule has 2 aliphatic heterocycles. The molecule has 0 aromatic carbocycles. The number of aromatic nitrogens is 1. The number of rotatable bonds is 6. The van der Waals surface area contributed by atoms with Gasteiger partial charge in [-0.15, -0.1) is 0 Å². The van der Waals surface area contributed by atoms with Crippen molar-refractivity contribution in [3.8, 4) is 0 Å². The van der Waals surface area contributed by atoms with Crippen molar-refractivity contribution in [1.29, 1.82) is 0 Å². The highest BCUT2D eigenvalue weighted by Crippen LogP contribution is 2.25. The maximum Gasteiger partial charge on any atom is 0.490 e. The van der Waals surface area contributed by atoms with Crippen molar-refractivity contribution in [1.82, 2.24) is 14.6 Å². The van der Waals surface area contributed by atoms with Crippen LogP contribution in [0.1, 0.15) is 18.4 Å². The standard InChI is InChI=1S/C16H25N3O3S.2C2HF3O2/c1-23(20,21)18-15-4-7-19(11-14-5-8-22-12-14)16(15)9-13-3-2-6-17-10-13;2*3-2(4,5)1(6)7/h2-3,6,10,14-16,18H,4-5,7-9,11-12H2,1H3;2*(H,6,7)/t14?,15-,16+;;/m1../s1. The molecule has 37 heavy (non-hydrogen) atoms. The molecule has 1 aromatic rings. The minimum atomic E-state index is -5.08. The van der Waals surface area contributed by atoms with Gasteiger partial charge in [-0.05, 0) is 36.8 Å². The number of likely N-dealkylation sites (tertiary alicyclic amines) is 1. The lowest BCUT2D eigenvalue weighted by Gasteiger charge is -2.30.